The molecule has 0 N–H and O–H groups in total. The maximum atomic E-state index is 12.8. The number of unbranched alkanes of at least 4 members (excludes halogenated alkanes) is 17. The van der Waals surface area contributed by atoms with E-state index in [-0.39, 0.29) is 25.2 Å². The Hall–Kier alpha value is -3.70. The van der Waals surface area contributed by atoms with Gasteiger partial charge in [-0.05, 0) is 128 Å². The quantitative estimate of drug-likeness (QED) is 0.0346. The Balaban J connectivity index is 4.40. The lowest BCUT2D eigenvalue weighted by Crippen LogP contribution is -2.30. The Morgan fingerprint density at radius 2 is 0.682 bits per heavy atom. The zero-order chi connectivity index (χ0) is 47.7. The number of carbonyl (C=O) groups is 2. The van der Waals surface area contributed by atoms with Crippen molar-refractivity contribution in [1.82, 2.24) is 0 Å². The van der Waals surface area contributed by atoms with E-state index in [1.165, 1.54) is 70.6 Å². The first-order valence-corrected chi connectivity index (χ1v) is 27.1. The first-order valence-electron chi connectivity index (χ1n) is 27.1. The second kappa shape index (κ2) is 55.6. The number of allylic oxidation sites excluding steroid dienone is 20. The molecule has 1 unspecified atom stereocenters. The fourth-order valence-corrected chi connectivity index (χ4v) is 6.99. The van der Waals surface area contributed by atoms with Crippen molar-refractivity contribution in [1.29, 1.82) is 0 Å². The van der Waals surface area contributed by atoms with Crippen molar-refractivity contribution >= 4 is 11.9 Å². The molecular weight excluding hydrogens is 813 g/mol. The van der Waals surface area contributed by atoms with E-state index in [4.69, 9.17) is 14.2 Å². The topological polar surface area (TPSA) is 61.8 Å². The number of carbonyl (C=O) groups excluding carboxylic acids is 2. The molecule has 1 atom stereocenters. The molecule has 0 aliphatic carbocycles. The van der Waals surface area contributed by atoms with Crippen LogP contribution in [0, 0.1) is 0 Å². The van der Waals surface area contributed by atoms with Crippen LogP contribution in [-0.4, -0.2) is 37.9 Å². The van der Waals surface area contributed by atoms with E-state index in [1.54, 1.807) is 0 Å². The fourth-order valence-electron chi connectivity index (χ4n) is 6.99. The number of rotatable bonds is 48. The third-order valence-corrected chi connectivity index (χ3v) is 11.0. The molecule has 0 heterocycles. The predicted molar refractivity (Wildman–Crippen MR) is 288 cm³/mol. The summed E-state index contributed by atoms with van der Waals surface area (Å²) in [7, 11) is 0. The minimum atomic E-state index is -0.579. The second-order valence-corrected chi connectivity index (χ2v) is 17.4. The third kappa shape index (κ3) is 52.9. The molecule has 0 aromatic rings. The summed E-state index contributed by atoms with van der Waals surface area (Å²) in [5.74, 6) is -0.473. The van der Waals surface area contributed by atoms with Gasteiger partial charge in [0.05, 0.1) is 6.61 Å². The van der Waals surface area contributed by atoms with Gasteiger partial charge in [-0.1, -0.05) is 206 Å². The summed E-state index contributed by atoms with van der Waals surface area (Å²) in [6.07, 6.45) is 77.8. The van der Waals surface area contributed by atoms with Gasteiger partial charge in [0, 0.05) is 19.4 Å². The van der Waals surface area contributed by atoms with Crippen LogP contribution in [0.25, 0.3) is 0 Å². The van der Waals surface area contributed by atoms with E-state index in [2.05, 4.69) is 142 Å². The van der Waals surface area contributed by atoms with E-state index in [0.717, 1.165) is 122 Å². The minimum absolute atomic E-state index is 0.0487. The molecule has 0 aromatic carbocycles. The van der Waals surface area contributed by atoms with Gasteiger partial charge in [0.25, 0.3) is 0 Å². The Morgan fingerprint density at radius 1 is 0.348 bits per heavy atom. The van der Waals surface area contributed by atoms with Gasteiger partial charge in [0.2, 0.25) is 0 Å². The van der Waals surface area contributed by atoms with Gasteiger partial charge in [-0.3, -0.25) is 9.59 Å². The van der Waals surface area contributed by atoms with Crippen LogP contribution in [0.4, 0.5) is 0 Å². The average molecular weight is 913 g/mol. The molecule has 0 aromatic heterocycles. The highest BCUT2D eigenvalue weighted by molar-refractivity contribution is 5.70. The lowest BCUT2D eigenvalue weighted by atomic mass is 10.1. The standard InChI is InChI=1S/C61H100O5/c1-4-7-10-13-16-19-22-25-28-30-31-32-34-36-39-42-45-48-51-54-60(62)65-58-59(57-64-56-53-50-47-44-41-38-35-29-26-23-20-17-14-11-8-5-2)66-61(63)55-52-49-46-43-40-37-33-27-24-21-18-15-12-9-6-3/h8-9,11-12,16-21,25-29,31-33,40,43,59H,4-7,10,13-15,22-24,30,34-39,41-42,44-58H2,1-3H3/b11-8-,12-9-,19-16-,20-17-,21-18-,28-25-,29-26-,32-31-,33-27-,43-40-. The number of ether oxygens (including phenoxy) is 3. The van der Waals surface area contributed by atoms with E-state index < -0.39 is 6.10 Å². The van der Waals surface area contributed by atoms with Crippen LogP contribution in [0.2, 0.25) is 0 Å². The zero-order valence-electron chi connectivity index (χ0n) is 42.9. The molecule has 0 radical (unpaired) electrons. The molecule has 0 aliphatic rings. The maximum absolute atomic E-state index is 12.8. The van der Waals surface area contributed by atoms with E-state index in [1.807, 2.05) is 0 Å². The van der Waals surface area contributed by atoms with Crippen molar-refractivity contribution in [3.63, 3.8) is 0 Å². The molecule has 0 saturated heterocycles. The zero-order valence-corrected chi connectivity index (χ0v) is 42.9. The van der Waals surface area contributed by atoms with Crippen molar-refractivity contribution in [2.75, 3.05) is 19.8 Å². The maximum Gasteiger partial charge on any atom is 0.306 e. The molecule has 0 aliphatic heterocycles. The highest BCUT2D eigenvalue weighted by Crippen LogP contribution is 2.12. The summed E-state index contributed by atoms with van der Waals surface area (Å²) >= 11 is 0. The van der Waals surface area contributed by atoms with Crippen molar-refractivity contribution < 1.29 is 23.8 Å². The largest absolute Gasteiger partial charge is 0.462 e. The molecule has 5 heteroatoms. The molecule has 0 bridgehead atoms. The number of hydrogen-bond acceptors (Lipinski definition) is 5. The van der Waals surface area contributed by atoms with Crippen LogP contribution in [0.3, 0.4) is 0 Å². The lowest BCUT2D eigenvalue weighted by Gasteiger charge is -2.18. The van der Waals surface area contributed by atoms with Crippen LogP contribution in [0.5, 0.6) is 0 Å². The van der Waals surface area contributed by atoms with Crippen LogP contribution >= 0.6 is 0 Å². The van der Waals surface area contributed by atoms with E-state index in [9.17, 15) is 9.59 Å². The monoisotopic (exact) mass is 913 g/mol. The van der Waals surface area contributed by atoms with Crippen LogP contribution in [0.15, 0.2) is 122 Å². The predicted octanol–water partition coefficient (Wildman–Crippen LogP) is 18.6. The Labute approximate surface area is 407 Å². The van der Waals surface area contributed by atoms with Crippen molar-refractivity contribution in [2.24, 2.45) is 0 Å². The normalized spacial score (nSPS) is 13.2. The molecule has 0 amide bonds. The van der Waals surface area contributed by atoms with Gasteiger partial charge in [-0.2, -0.15) is 0 Å². The highest BCUT2D eigenvalue weighted by Gasteiger charge is 2.17. The molecule has 0 rings (SSSR count). The summed E-state index contributed by atoms with van der Waals surface area (Å²) < 4.78 is 17.4. The number of hydrogen-bond donors (Lipinski definition) is 0. The molecule has 0 saturated carbocycles. The van der Waals surface area contributed by atoms with Gasteiger partial charge in [0.1, 0.15) is 6.61 Å². The second-order valence-electron chi connectivity index (χ2n) is 17.4. The van der Waals surface area contributed by atoms with Crippen LogP contribution in [0.1, 0.15) is 226 Å². The van der Waals surface area contributed by atoms with Gasteiger partial charge >= 0.3 is 11.9 Å². The van der Waals surface area contributed by atoms with Crippen molar-refractivity contribution in [2.45, 2.75) is 232 Å². The van der Waals surface area contributed by atoms with E-state index in [0.29, 0.717) is 19.4 Å². The van der Waals surface area contributed by atoms with E-state index >= 15 is 0 Å². The average Bonchev–Trinajstić information content (AvgIpc) is 3.32. The van der Waals surface area contributed by atoms with Crippen LogP contribution in [-0.2, 0) is 23.8 Å². The number of esters is 2. The Bertz CT molecular complexity index is 1350. The molecular formula is C61H100O5. The van der Waals surface area contributed by atoms with Gasteiger partial charge < -0.3 is 14.2 Å². The van der Waals surface area contributed by atoms with Gasteiger partial charge in [-0.25, -0.2) is 0 Å². The first-order chi connectivity index (χ1) is 32.6. The first kappa shape index (κ1) is 62.3. The third-order valence-electron chi connectivity index (χ3n) is 11.0. The SMILES string of the molecule is CC/C=C\C/C=C\C/C=C\C/C=C\CCCCC(=O)OC(COCCCCCCCC/C=C\C/C=C\C/C=C\CC)COC(=O)CCCCCCCC/C=C\C/C=C\C/C=C\CCCCC. The van der Waals surface area contributed by atoms with Gasteiger partial charge in [-0.15, -0.1) is 0 Å². The minimum Gasteiger partial charge on any atom is -0.462 e. The van der Waals surface area contributed by atoms with Crippen molar-refractivity contribution in [3.05, 3.63) is 122 Å². The summed E-state index contributed by atoms with van der Waals surface area (Å²) in [6, 6.07) is 0. The van der Waals surface area contributed by atoms with Gasteiger partial charge in [0.15, 0.2) is 6.10 Å². The van der Waals surface area contributed by atoms with Crippen LogP contribution < -0.4 is 0 Å². The molecule has 0 spiro atoms. The smallest absolute Gasteiger partial charge is 0.306 e. The Kier molecular flexibility index (Phi) is 52.5. The summed E-state index contributed by atoms with van der Waals surface area (Å²) in [4.78, 5) is 25.5. The molecule has 374 valence electrons. The molecule has 0 fully saturated rings. The lowest BCUT2D eigenvalue weighted by molar-refractivity contribution is -0.163. The van der Waals surface area contributed by atoms with Crippen molar-refractivity contribution in [3.8, 4) is 0 Å². The summed E-state index contributed by atoms with van der Waals surface area (Å²) in [5, 5.41) is 0. The highest BCUT2D eigenvalue weighted by atomic mass is 16.6. The molecule has 66 heavy (non-hydrogen) atoms. The summed E-state index contributed by atoms with van der Waals surface area (Å²) in [6.45, 7) is 7.48. The Morgan fingerprint density at radius 3 is 1.12 bits per heavy atom. The molecule has 5 nitrogen and oxygen atoms in total. The fraction of sp³-hybridized carbons (Fsp3) is 0.639. The summed E-state index contributed by atoms with van der Waals surface area (Å²) in [5.41, 5.74) is 0.